The van der Waals surface area contributed by atoms with E-state index in [-0.39, 0.29) is 0 Å². The largest absolute Gasteiger partial charge is 0.0893 e. The molecule has 0 saturated heterocycles. The van der Waals surface area contributed by atoms with Crippen molar-refractivity contribution in [2.75, 3.05) is 0 Å². The van der Waals surface area contributed by atoms with Gasteiger partial charge in [0.05, 0.1) is 6.54 Å². The average Bonchev–Trinajstić information content (AvgIpc) is 2.19. The van der Waals surface area contributed by atoms with Crippen molar-refractivity contribution in [3.05, 3.63) is 46.3 Å². The number of hydrogen-bond donors (Lipinski definition) is 0. The third-order valence-corrected chi connectivity index (χ3v) is 1.16. The zero-order chi connectivity index (χ0) is 9.23. The summed E-state index contributed by atoms with van der Waals surface area (Å²) in [5, 5.41) is 3.42. The van der Waals surface area contributed by atoms with Gasteiger partial charge in [0, 0.05) is 4.91 Å². The highest BCUT2D eigenvalue weighted by Crippen LogP contribution is 1.99. The molecule has 1 aromatic rings. The molecule has 3 heteroatoms. The van der Waals surface area contributed by atoms with Crippen molar-refractivity contribution < 1.29 is 0 Å². The summed E-state index contributed by atoms with van der Waals surface area (Å²) in [7, 11) is 0. The maximum absolute atomic E-state index is 7.99. The Balaban J connectivity index is 0.000000561. The van der Waals surface area contributed by atoms with E-state index in [4.69, 9.17) is 5.53 Å². The van der Waals surface area contributed by atoms with Crippen molar-refractivity contribution in [2.45, 2.75) is 20.4 Å². The zero-order valence-electron chi connectivity index (χ0n) is 7.44. The molecule has 0 fully saturated rings. The number of nitrogens with zero attached hydrogens (tertiary/aromatic N) is 3. The van der Waals surface area contributed by atoms with Crippen molar-refractivity contribution in [1.82, 2.24) is 0 Å². The molecule has 1 rings (SSSR count). The van der Waals surface area contributed by atoms with Crippen LogP contribution in [0.1, 0.15) is 19.4 Å². The normalized spacial score (nSPS) is 7.50. The van der Waals surface area contributed by atoms with Crippen LogP contribution in [-0.2, 0) is 6.54 Å². The van der Waals surface area contributed by atoms with Crippen LogP contribution in [0.2, 0.25) is 0 Å². The maximum Gasteiger partial charge on any atom is 0.0510 e. The highest BCUT2D eigenvalue weighted by molar-refractivity contribution is 5.14. The molecule has 0 bridgehead atoms. The van der Waals surface area contributed by atoms with E-state index < -0.39 is 0 Å². The van der Waals surface area contributed by atoms with Gasteiger partial charge in [-0.3, -0.25) is 0 Å². The smallest absolute Gasteiger partial charge is 0.0510 e. The summed E-state index contributed by atoms with van der Waals surface area (Å²) in [6.45, 7) is 4.44. The summed E-state index contributed by atoms with van der Waals surface area (Å²) in [6, 6.07) is 9.62. The lowest BCUT2D eigenvalue weighted by atomic mass is 10.2. The summed E-state index contributed by atoms with van der Waals surface area (Å²) in [6.07, 6.45) is 0. The summed E-state index contributed by atoms with van der Waals surface area (Å²) in [5.74, 6) is 0. The lowest BCUT2D eigenvalue weighted by Crippen LogP contribution is -1.75. The van der Waals surface area contributed by atoms with Gasteiger partial charge in [-0.1, -0.05) is 49.3 Å². The van der Waals surface area contributed by atoms with Crippen LogP contribution in [-0.4, -0.2) is 0 Å². The van der Waals surface area contributed by atoms with E-state index in [1.807, 2.05) is 44.2 Å². The Hall–Kier alpha value is -1.47. The maximum atomic E-state index is 7.99. The van der Waals surface area contributed by atoms with Gasteiger partial charge in [-0.15, -0.1) is 0 Å². The van der Waals surface area contributed by atoms with E-state index in [2.05, 4.69) is 10.0 Å². The van der Waals surface area contributed by atoms with E-state index >= 15 is 0 Å². The SMILES string of the molecule is CC.[N-]=[N+]=NCc1ccccc1. The Morgan fingerprint density at radius 3 is 2.33 bits per heavy atom. The molecule has 0 unspecified atom stereocenters. The lowest BCUT2D eigenvalue weighted by Gasteiger charge is -1.90. The summed E-state index contributed by atoms with van der Waals surface area (Å²) < 4.78 is 0. The minimum atomic E-state index is 0.442. The van der Waals surface area contributed by atoms with Crippen molar-refractivity contribution in [3.63, 3.8) is 0 Å². The summed E-state index contributed by atoms with van der Waals surface area (Å²) >= 11 is 0. The second-order valence-corrected chi connectivity index (χ2v) is 1.87. The summed E-state index contributed by atoms with van der Waals surface area (Å²) in [4.78, 5) is 2.66. The van der Waals surface area contributed by atoms with Gasteiger partial charge in [0.25, 0.3) is 0 Å². The number of benzene rings is 1. The fourth-order valence-corrected chi connectivity index (χ4v) is 0.697. The molecule has 3 nitrogen and oxygen atoms in total. The van der Waals surface area contributed by atoms with Gasteiger partial charge in [0.1, 0.15) is 0 Å². The fraction of sp³-hybridized carbons (Fsp3) is 0.333. The minimum absolute atomic E-state index is 0.442. The molecule has 0 radical (unpaired) electrons. The van der Waals surface area contributed by atoms with Gasteiger partial charge >= 0.3 is 0 Å². The molecule has 0 heterocycles. The quantitative estimate of drug-likeness (QED) is 0.364. The van der Waals surface area contributed by atoms with E-state index in [1.165, 1.54) is 0 Å². The Morgan fingerprint density at radius 1 is 1.25 bits per heavy atom. The molecular weight excluding hydrogens is 150 g/mol. The van der Waals surface area contributed by atoms with Crippen molar-refractivity contribution >= 4 is 0 Å². The molecule has 0 N–H and O–H groups in total. The van der Waals surface area contributed by atoms with Crippen LogP contribution < -0.4 is 0 Å². The van der Waals surface area contributed by atoms with Crippen LogP contribution in [0.3, 0.4) is 0 Å². The molecule has 0 saturated carbocycles. The Kier molecular flexibility index (Phi) is 6.70. The predicted molar refractivity (Wildman–Crippen MR) is 50.6 cm³/mol. The minimum Gasteiger partial charge on any atom is -0.0893 e. The van der Waals surface area contributed by atoms with Crippen LogP contribution >= 0.6 is 0 Å². The van der Waals surface area contributed by atoms with Gasteiger partial charge < -0.3 is 0 Å². The Morgan fingerprint density at radius 2 is 1.83 bits per heavy atom. The first-order valence-corrected chi connectivity index (χ1v) is 3.98. The molecular formula is C9H13N3. The van der Waals surface area contributed by atoms with E-state index in [0.717, 1.165) is 5.56 Å². The molecule has 0 atom stereocenters. The van der Waals surface area contributed by atoms with Gasteiger partial charge in [0.15, 0.2) is 0 Å². The van der Waals surface area contributed by atoms with Crippen molar-refractivity contribution in [1.29, 1.82) is 0 Å². The molecule has 0 aromatic heterocycles. The van der Waals surface area contributed by atoms with Crippen LogP contribution in [0.4, 0.5) is 0 Å². The van der Waals surface area contributed by atoms with Crippen LogP contribution in [0, 0.1) is 0 Å². The van der Waals surface area contributed by atoms with Crippen molar-refractivity contribution in [3.8, 4) is 0 Å². The molecule has 64 valence electrons. The zero-order valence-corrected chi connectivity index (χ0v) is 7.44. The highest BCUT2D eigenvalue weighted by atomic mass is 15.1. The second kappa shape index (κ2) is 7.63. The van der Waals surface area contributed by atoms with Gasteiger partial charge in [-0.05, 0) is 11.1 Å². The monoisotopic (exact) mass is 163 g/mol. The van der Waals surface area contributed by atoms with Gasteiger partial charge in [-0.2, -0.15) is 0 Å². The number of hydrogen-bond acceptors (Lipinski definition) is 1. The van der Waals surface area contributed by atoms with Gasteiger partial charge in [0.2, 0.25) is 0 Å². The Bertz CT molecular complexity index is 237. The lowest BCUT2D eigenvalue weighted by molar-refractivity contribution is 1.05. The topological polar surface area (TPSA) is 48.8 Å². The molecule has 0 aliphatic heterocycles. The molecule has 1 aromatic carbocycles. The van der Waals surface area contributed by atoms with Crippen LogP contribution in [0.15, 0.2) is 35.4 Å². The molecule has 0 spiro atoms. The molecule has 0 amide bonds. The molecule has 12 heavy (non-hydrogen) atoms. The first-order valence-electron chi connectivity index (χ1n) is 3.98. The first-order chi connectivity index (χ1) is 5.93. The van der Waals surface area contributed by atoms with E-state index in [0.29, 0.717) is 6.54 Å². The Labute approximate surface area is 72.7 Å². The highest BCUT2D eigenvalue weighted by Gasteiger charge is 1.83. The standard InChI is InChI=1S/C7H7N3.C2H6/c8-10-9-6-7-4-2-1-3-5-7;1-2/h1-5H,6H2;1-2H3. The van der Waals surface area contributed by atoms with E-state index in [9.17, 15) is 0 Å². The summed E-state index contributed by atoms with van der Waals surface area (Å²) in [5.41, 5.74) is 9.03. The van der Waals surface area contributed by atoms with Gasteiger partial charge in [-0.25, -0.2) is 0 Å². The number of azide groups is 1. The second-order valence-electron chi connectivity index (χ2n) is 1.87. The fourth-order valence-electron chi connectivity index (χ4n) is 0.697. The third-order valence-electron chi connectivity index (χ3n) is 1.16. The number of rotatable bonds is 2. The van der Waals surface area contributed by atoms with Crippen LogP contribution in [0.5, 0.6) is 0 Å². The first kappa shape index (κ1) is 10.5. The van der Waals surface area contributed by atoms with E-state index in [1.54, 1.807) is 0 Å². The van der Waals surface area contributed by atoms with Crippen LogP contribution in [0.25, 0.3) is 10.4 Å². The third kappa shape index (κ3) is 4.36. The molecule has 0 aliphatic carbocycles. The molecule has 0 aliphatic rings. The average molecular weight is 163 g/mol. The predicted octanol–water partition coefficient (Wildman–Crippen LogP) is 3.52. The van der Waals surface area contributed by atoms with Crippen molar-refractivity contribution in [2.24, 2.45) is 5.11 Å².